The first-order valence-electron chi connectivity index (χ1n) is 10.3. The minimum atomic E-state index is -3.41. The average molecular weight is 436 g/mol. The number of rotatable bonds is 5. The molecule has 7 heteroatoms. The van der Waals surface area contributed by atoms with Gasteiger partial charge in [0.15, 0.2) is 0 Å². The second-order valence-corrected chi connectivity index (χ2v) is 9.60. The predicted molar refractivity (Wildman–Crippen MR) is 121 cm³/mol. The van der Waals surface area contributed by atoms with Gasteiger partial charge in [-0.25, -0.2) is 8.42 Å². The minimum Gasteiger partial charge on any atom is -0.336 e. The van der Waals surface area contributed by atoms with E-state index in [1.165, 1.54) is 4.31 Å². The van der Waals surface area contributed by atoms with Crippen LogP contribution < -0.4 is 0 Å². The Balaban J connectivity index is 1.41. The highest BCUT2D eigenvalue weighted by Crippen LogP contribution is 2.21. The SMILES string of the molecule is Cc1nc(-c2ccccc2)ccc1C(=O)N1CCN(S(=O)(=O)Cc2ccccc2)CC1. The molecule has 4 rings (SSSR count). The van der Waals surface area contributed by atoms with E-state index in [2.05, 4.69) is 4.98 Å². The maximum absolute atomic E-state index is 13.0. The lowest BCUT2D eigenvalue weighted by Crippen LogP contribution is -2.50. The van der Waals surface area contributed by atoms with E-state index in [0.717, 1.165) is 16.8 Å². The highest BCUT2D eigenvalue weighted by molar-refractivity contribution is 7.88. The van der Waals surface area contributed by atoms with Crippen molar-refractivity contribution in [3.05, 3.63) is 89.6 Å². The lowest BCUT2D eigenvalue weighted by molar-refractivity contribution is 0.0696. The van der Waals surface area contributed by atoms with Gasteiger partial charge in [-0.15, -0.1) is 0 Å². The van der Waals surface area contributed by atoms with E-state index in [1.54, 1.807) is 4.90 Å². The summed E-state index contributed by atoms with van der Waals surface area (Å²) < 4.78 is 27.0. The van der Waals surface area contributed by atoms with Gasteiger partial charge in [0.1, 0.15) is 0 Å². The first-order valence-corrected chi connectivity index (χ1v) is 11.9. The third-order valence-electron chi connectivity index (χ3n) is 5.50. The molecule has 6 nitrogen and oxygen atoms in total. The van der Waals surface area contributed by atoms with Crippen molar-refractivity contribution < 1.29 is 13.2 Å². The second-order valence-electron chi connectivity index (χ2n) is 7.63. The molecule has 0 N–H and O–H groups in total. The molecule has 1 aliphatic rings. The summed E-state index contributed by atoms with van der Waals surface area (Å²) in [5, 5.41) is 0. The van der Waals surface area contributed by atoms with Crippen molar-refractivity contribution in [3.63, 3.8) is 0 Å². The summed E-state index contributed by atoms with van der Waals surface area (Å²) in [5.74, 6) is -0.129. The van der Waals surface area contributed by atoms with Crippen LogP contribution in [0, 0.1) is 6.92 Å². The van der Waals surface area contributed by atoms with Crippen molar-refractivity contribution in [3.8, 4) is 11.3 Å². The molecule has 1 aromatic heterocycles. The molecule has 3 aromatic rings. The van der Waals surface area contributed by atoms with Crippen molar-refractivity contribution in [1.82, 2.24) is 14.2 Å². The molecule has 2 heterocycles. The average Bonchev–Trinajstić information content (AvgIpc) is 2.79. The number of nitrogens with zero attached hydrogens (tertiary/aromatic N) is 3. The molecule has 0 spiro atoms. The Morgan fingerprint density at radius 1 is 0.871 bits per heavy atom. The van der Waals surface area contributed by atoms with Crippen molar-refractivity contribution in [1.29, 1.82) is 0 Å². The zero-order chi connectivity index (χ0) is 21.8. The first kappa shape index (κ1) is 21.2. The van der Waals surface area contributed by atoms with E-state index in [4.69, 9.17) is 0 Å². The maximum Gasteiger partial charge on any atom is 0.255 e. The molecule has 0 atom stereocenters. The van der Waals surface area contributed by atoms with Crippen molar-refractivity contribution in [2.24, 2.45) is 0 Å². The number of amides is 1. The van der Waals surface area contributed by atoms with Gasteiger partial charge < -0.3 is 4.90 Å². The van der Waals surface area contributed by atoms with Crippen molar-refractivity contribution in [2.75, 3.05) is 26.2 Å². The topological polar surface area (TPSA) is 70.6 Å². The Hall–Kier alpha value is -3.03. The van der Waals surface area contributed by atoms with E-state index in [9.17, 15) is 13.2 Å². The quantitative estimate of drug-likeness (QED) is 0.616. The normalized spacial score (nSPS) is 15.1. The van der Waals surface area contributed by atoms with Crippen LogP contribution in [0.25, 0.3) is 11.3 Å². The van der Waals surface area contributed by atoms with E-state index in [-0.39, 0.29) is 11.7 Å². The van der Waals surface area contributed by atoms with Gasteiger partial charge in [0.05, 0.1) is 22.7 Å². The number of aryl methyl sites for hydroxylation is 1. The van der Waals surface area contributed by atoms with Crippen LogP contribution in [0.4, 0.5) is 0 Å². The highest BCUT2D eigenvalue weighted by Gasteiger charge is 2.30. The minimum absolute atomic E-state index is 0.0221. The molecule has 160 valence electrons. The lowest BCUT2D eigenvalue weighted by atomic mass is 10.1. The zero-order valence-electron chi connectivity index (χ0n) is 17.4. The number of sulfonamides is 1. The molecular weight excluding hydrogens is 410 g/mol. The number of hydrogen-bond donors (Lipinski definition) is 0. The van der Waals surface area contributed by atoms with Gasteiger partial charge >= 0.3 is 0 Å². The molecule has 0 radical (unpaired) electrons. The van der Waals surface area contributed by atoms with Gasteiger partial charge in [-0.1, -0.05) is 60.7 Å². The summed E-state index contributed by atoms with van der Waals surface area (Å²) in [6.07, 6.45) is 0. The van der Waals surface area contributed by atoms with Crippen molar-refractivity contribution in [2.45, 2.75) is 12.7 Å². The van der Waals surface area contributed by atoms with Crippen LogP contribution in [0.5, 0.6) is 0 Å². The molecule has 1 fully saturated rings. The molecule has 0 aliphatic carbocycles. The molecule has 0 unspecified atom stereocenters. The summed E-state index contributed by atoms with van der Waals surface area (Å²) in [7, 11) is -3.41. The van der Waals surface area contributed by atoms with Gasteiger partial charge in [-0.05, 0) is 24.6 Å². The highest BCUT2D eigenvalue weighted by atomic mass is 32.2. The van der Waals surface area contributed by atoms with Gasteiger partial charge in [-0.2, -0.15) is 4.31 Å². The van der Waals surface area contributed by atoms with Crippen LogP contribution in [0.15, 0.2) is 72.8 Å². The second kappa shape index (κ2) is 8.99. The number of carbonyl (C=O) groups excluding carboxylic acids is 1. The monoisotopic (exact) mass is 435 g/mol. The largest absolute Gasteiger partial charge is 0.336 e. The molecule has 31 heavy (non-hydrogen) atoms. The number of aromatic nitrogens is 1. The van der Waals surface area contributed by atoms with E-state index in [0.29, 0.717) is 37.4 Å². The number of benzene rings is 2. The Morgan fingerprint density at radius 3 is 2.10 bits per heavy atom. The molecule has 2 aromatic carbocycles. The van der Waals surface area contributed by atoms with Crippen molar-refractivity contribution >= 4 is 15.9 Å². The van der Waals surface area contributed by atoms with E-state index < -0.39 is 10.0 Å². The van der Waals surface area contributed by atoms with E-state index >= 15 is 0 Å². The Morgan fingerprint density at radius 2 is 1.48 bits per heavy atom. The molecule has 1 saturated heterocycles. The Labute approximate surface area is 183 Å². The molecule has 0 bridgehead atoms. The first-order chi connectivity index (χ1) is 14.9. The maximum atomic E-state index is 13.0. The summed E-state index contributed by atoms with van der Waals surface area (Å²) in [6.45, 7) is 3.17. The number of piperazine rings is 1. The third-order valence-corrected chi connectivity index (χ3v) is 7.35. The number of carbonyl (C=O) groups is 1. The van der Waals surface area contributed by atoms with Gasteiger partial charge in [0.2, 0.25) is 10.0 Å². The Bertz CT molecular complexity index is 1160. The smallest absolute Gasteiger partial charge is 0.255 e. The summed E-state index contributed by atoms with van der Waals surface area (Å²) in [5.41, 5.74) is 3.82. The van der Waals surface area contributed by atoms with Gasteiger partial charge in [0, 0.05) is 31.7 Å². The fraction of sp³-hybridized carbons (Fsp3) is 0.250. The lowest BCUT2D eigenvalue weighted by Gasteiger charge is -2.34. The van der Waals surface area contributed by atoms with Gasteiger partial charge in [-0.3, -0.25) is 9.78 Å². The van der Waals surface area contributed by atoms with E-state index in [1.807, 2.05) is 79.7 Å². The van der Waals surface area contributed by atoms with Crippen LogP contribution in [0.2, 0.25) is 0 Å². The van der Waals surface area contributed by atoms with Crippen LogP contribution >= 0.6 is 0 Å². The number of pyridine rings is 1. The zero-order valence-corrected chi connectivity index (χ0v) is 18.3. The molecular formula is C24H25N3O3S. The molecule has 0 saturated carbocycles. The van der Waals surface area contributed by atoms with Gasteiger partial charge in [0.25, 0.3) is 5.91 Å². The fourth-order valence-corrected chi connectivity index (χ4v) is 5.29. The Kier molecular flexibility index (Phi) is 6.15. The molecule has 1 amide bonds. The predicted octanol–water partition coefficient (Wildman–Crippen LogP) is 3.34. The summed E-state index contributed by atoms with van der Waals surface area (Å²) in [6, 6.07) is 22.7. The van der Waals surface area contributed by atoms with Crippen LogP contribution in [0.1, 0.15) is 21.6 Å². The van der Waals surface area contributed by atoms with Crippen LogP contribution in [-0.4, -0.2) is 54.7 Å². The van der Waals surface area contributed by atoms with Crippen LogP contribution in [-0.2, 0) is 15.8 Å². The third kappa shape index (κ3) is 4.84. The summed E-state index contributed by atoms with van der Waals surface area (Å²) >= 11 is 0. The summed E-state index contributed by atoms with van der Waals surface area (Å²) in [4.78, 5) is 19.3. The van der Waals surface area contributed by atoms with Crippen LogP contribution in [0.3, 0.4) is 0 Å². The molecule has 1 aliphatic heterocycles. The number of hydrogen-bond acceptors (Lipinski definition) is 4. The fourth-order valence-electron chi connectivity index (χ4n) is 3.77. The standard InChI is InChI=1S/C24H25N3O3S/c1-19-22(12-13-23(25-19)21-10-6-3-7-11-21)24(28)26-14-16-27(17-15-26)31(29,30)18-20-8-4-2-5-9-20/h2-13H,14-18H2,1H3.